The van der Waals surface area contributed by atoms with Gasteiger partial charge in [-0.2, -0.15) is 18.2 Å². The van der Waals surface area contributed by atoms with Crippen LogP contribution in [-0.4, -0.2) is 63.1 Å². The van der Waals surface area contributed by atoms with Crippen LogP contribution in [0.3, 0.4) is 0 Å². The minimum Gasteiger partial charge on any atom is -0.293 e. The highest BCUT2D eigenvalue weighted by atomic mass is 32.2. The molecule has 0 atom stereocenters. The van der Waals surface area contributed by atoms with E-state index in [1.807, 2.05) is 4.90 Å². The first-order chi connectivity index (χ1) is 11.8. The Morgan fingerprint density at radius 3 is 2.48 bits per heavy atom. The molecular weight excluding hydrogens is 354 g/mol. The first-order valence-corrected chi connectivity index (χ1v) is 9.25. The molecular formula is C14H20F2N6O2S. The lowest BCUT2D eigenvalue weighted by atomic mass is 10.3. The normalized spacial score (nSPS) is 17.5. The third-order valence-electron chi connectivity index (χ3n) is 4.30. The molecule has 1 fully saturated rings. The van der Waals surface area contributed by atoms with Crippen molar-refractivity contribution in [3.05, 3.63) is 30.0 Å². The molecule has 3 rings (SSSR count). The molecule has 0 bridgehead atoms. The van der Waals surface area contributed by atoms with Crippen molar-refractivity contribution in [2.45, 2.75) is 25.0 Å². The minimum absolute atomic E-state index is 0.189. The predicted octanol–water partition coefficient (Wildman–Crippen LogP) is 0.827. The van der Waals surface area contributed by atoms with Gasteiger partial charge in [-0.3, -0.25) is 14.1 Å². The van der Waals surface area contributed by atoms with Gasteiger partial charge < -0.3 is 0 Å². The first kappa shape index (κ1) is 18.0. The molecule has 2 aromatic rings. The van der Waals surface area contributed by atoms with Crippen LogP contribution in [0.5, 0.6) is 0 Å². The van der Waals surface area contributed by atoms with Gasteiger partial charge in [-0.1, -0.05) is 0 Å². The van der Waals surface area contributed by atoms with E-state index in [0.29, 0.717) is 31.7 Å². The van der Waals surface area contributed by atoms with E-state index >= 15 is 0 Å². The maximum absolute atomic E-state index is 12.9. The van der Waals surface area contributed by atoms with Gasteiger partial charge in [0.05, 0.1) is 12.7 Å². The van der Waals surface area contributed by atoms with Crippen LogP contribution < -0.4 is 0 Å². The van der Waals surface area contributed by atoms with Crippen LogP contribution in [0.2, 0.25) is 0 Å². The van der Waals surface area contributed by atoms with E-state index in [9.17, 15) is 17.2 Å². The van der Waals surface area contributed by atoms with Crippen molar-refractivity contribution in [1.29, 1.82) is 0 Å². The summed E-state index contributed by atoms with van der Waals surface area (Å²) in [4.78, 5) is 5.88. The molecule has 3 heterocycles. The maximum Gasteiger partial charge on any atom is 0.319 e. The summed E-state index contributed by atoms with van der Waals surface area (Å²) in [6.07, 6.45) is 4.10. The highest BCUT2D eigenvalue weighted by Crippen LogP contribution is 2.21. The molecule has 0 amide bonds. The van der Waals surface area contributed by atoms with Gasteiger partial charge >= 0.3 is 6.55 Å². The van der Waals surface area contributed by atoms with Crippen LogP contribution in [0.1, 0.15) is 17.9 Å². The van der Waals surface area contributed by atoms with Crippen molar-refractivity contribution in [3.8, 4) is 0 Å². The second-order valence-corrected chi connectivity index (χ2v) is 7.82. The van der Waals surface area contributed by atoms with Gasteiger partial charge in [0.15, 0.2) is 5.03 Å². The molecule has 1 aliphatic rings. The fourth-order valence-electron chi connectivity index (χ4n) is 3.00. The Balaban J connectivity index is 1.67. The summed E-state index contributed by atoms with van der Waals surface area (Å²) < 4.78 is 54.9. The molecule has 1 aliphatic heterocycles. The lowest BCUT2D eigenvalue weighted by Gasteiger charge is -2.33. The second-order valence-electron chi connectivity index (χ2n) is 5.96. The zero-order chi connectivity index (χ0) is 18.2. The van der Waals surface area contributed by atoms with E-state index in [2.05, 4.69) is 10.1 Å². The topological polar surface area (TPSA) is 76.3 Å². The fraction of sp³-hybridized carbons (Fsp3) is 0.571. The van der Waals surface area contributed by atoms with E-state index in [1.165, 1.54) is 27.6 Å². The van der Waals surface area contributed by atoms with Crippen molar-refractivity contribution in [2.24, 2.45) is 7.05 Å². The first-order valence-electron chi connectivity index (χ1n) is 7.81. The summed E-state index contributed by atoms with van der Waals surface area (Å²) in [5.41, 5.74) is 0.601. The Hall–Kier alpha value is -1.85. The second kappa shape index (κ2) is 6.81. The molecule has 25 heavy (non-hydrogen) atoms. The third kappa shape index (κ3) is 3.44. The standard InChI is InChI=1S/C14H20F2N6O2S/c1-11-9-18-19(2)13(11)25(23,24)21-7-5-20(6-8-21)10-12-17-3-4-22(12)14(15)16/h3-4,9,14H,5-8,10H2,1-2H3. The average Bonchev–Trinajstić information content (AvgIpc) is 3.14. The summed E-state index contributed by atoms with van der Waals surface area (Å²) >= 11 is 0. The number of nitrogens with zero attached hydrogens (tertiary/aromatic N) is 6. The Kier molecular flexibility index (Phi) is 4.89. The van der Waals surface area contributed by atoms with Crippen LogP contribution in [-0.2, 0) is 23.6 Å². The maximum atomic E-state index is 12.9. The molecule has 0 N–H and O–H groups in total. The molecule has 1 saturated heterocycles. The molecule has 0 aliphatic carbocycles. The van der Waals surface area contributed by atoms with E-state index in [4.69, 9.17) is 0 Å². The van der Waals surface area contributed by atoms with Crippen molar-refractivity contribution < 1.29 is 17.2 Å². The van der Waals surface area contributed by atoms with Gasteiger partial charge in [0.2, 0.25) is 0 Å². The predicted molar refractivity (Wildman–Crippen MR) is 85.5 cm³/mol. The van der Waals surface area contributed by atoms with Crippen molar-refractivity contribution in [2.75, 3.05) is 26.2 Å². The quantitative estimate of drug-likeness (QED) is 0.775. The molecule has 8 nitrogen and oxygen atoms in total. The van der Waals surface area contributed by atoms with Crippen LogP contribution in [0, 0.1) is 6.92 Å². The number of halogens is 2. The Morgan fingerprint density at radius 1 is 1.24 bits per heavy atom. The Labute approximate surface area is 144 Å². The highest BCUT2D eigenvalue weighted by molar-refractivity contribution is 7.89. The van der Waals surface area contributed by atoms with Crippen molar-refractivity contribution in [3.63, 3.8) is 0 Å². The van der Waals surface area contributed by atoms with Gasteiger partial charge in [-0.15, -0.1) is 0 Å². The third-order valence-corrected chi connectivity index (χ3v) is 6.42. The summed E-state index contributed by atoms with van der Waals surface area (Å²) in [5.74, 6) is 0.272. The number of alkyl halides is 2. The largest absolute Gasteiger partial charge is 0.319 e. The van der Waals surface area contributed by atoms with Crippen LogP contribution in [0.15, 0.2) is 23.6 Å². The van der Waals surface area contributed by atoms with Gasteiger partial charge in [0.25, 0.3) is 10.0 Å². The number of hydrogen-bond donors (Lipinski definition) is 0. The van der Waals surface area contributed by atoms with E-state index < -0.39 is 16.6 Å². The van der Waals surface area contributed by atoms with E-state index in [-0.39, 0.29) is 17.4 Å². The van der Waals surface area contributed by atoms with Crippen LogP contribution in [0.25, 0.3) is 0 Å². The number of sulfonamides is 1. The fourth-order valence-corrected chi connectivity index (χ4v) is 4.73. The average molecular weight is 374 g/mol. The minimum atomic E-state index is -3.62. The van der Waals surface area contributed by atoms with Crippen molar-refractivity contribution >= 4 is 10.0 Å². The molecule has 0 saturated carbocycles. The molecule has 0 unspecified atom stereocenters. The number of rotatable bonds is 5. The van der Waals surface area contributed by atoms with E-state index in [1.54, 1.807) is 14.0 Å². The molecule has 11 heteroatoms. The van der Waals surface area contributed by atoms with Crippen LogP contribution in [0.4, 0.5) is 8.78 Å². The van der Waals surface area contributed by atoms with Crippen molar-refractivity contribution in [1.82, 2.24) is 28.5 Å². The van der Waals surface area contributed by atoms with E-state index in [0.717, 1.165) is 4.57 Å². The zero-order valence-corrected chi connectivity index (χ0v) is 14.8. The number of aryl methyl sites for hydroxylation is 2. The Bertz CT molecular complexity index is 820. The van der Waals surface area contributed by atoms with Gasteiger partial charge in [0, 0.05) is 51.2 Å². The zero-order valence-electron chi connectivity index (χ0n) is 14.0. The SMILES string of the molecule is Cc1cnn(C)c1S(=O)(=O)N1CCN(Cc2nccn2C(F)F)CC1. The summed E-state index contributed by atoms with van der Waals surface area (Å²) in [7, 11) is -2.02. The number of piperazine rings is 1. The number of hydrogen-bond acceptors (Lipinski definition) is 5. The highest BCUT2D eigenvalue weighted by Gasteiger charge is 2.32. The van der Waals surface area contributed by atoms with Gasteiger partial charge in [0.1, 0.15) is 5.82 Å². The molecule has 138 valence electrons. The Morgan fingerprint density at radius 2 is 1.92 bits per heavy atom. The van der Waals surface area contributed by atoms with Gasteiger partial charge in [-0.25, -0.2) is 13.4 Å². The van der Waals surface area contributed by atoms with Gasteiger partial charge in [-0.05, 0) is 6.92 Å². The number of aromatic nitrogens is 4. The summed E-state index contributed by atoms with van der Waals surface area (Å²) in [5, 5.41) is 4.18. The lowest BCUT2D eigenvalue weighted by molar-refractivity contribution is 0.0626. The smallest absolute Gasteiger partial charge is 0.293 e. The molecule has 2 aromatic heterocycles. The number of imidazole rings is 1. The van der Waals surface area contributed by atoms with Crippen LogP contribution >= 0.6 is 0 Å². The molecule has 0 aromatic carbocycles. The monoisotopic (exact) mass is 374 g/mol. The molecule has 0 radical (unpaired) electrons. The lowest BCUT2D eigenvalue weighted by Crippen LogP contribution is -2.48. The molecule has 0 spiro atoms. The summed E-state index contributed by atoms with van der Waals surface area (Å²) in [6.45, 7) is 0.825. The summed E-state index contributed by atoms with van der Waals surface area (Å²) in [6, 6.07) is 0.